The van der Waals surface area contributed by atoms with Gasteiger partial charge in [-0.2, -0.15) is 0 Å². The first-order valence-corrected chi connectivity index (χ1v) is 22.4. The van der Waals surface area contributed by atoms with Crippen molar-refractivity contribution in [3.05, 3.63) is 112 Å². The molecule has 0 aliphatic carbocycles. The Hall–Kier alpha value is -1.92. The van der Waals surface area contributed by atoms with Crippen LogP contribution in [0.2, 0.25) is 18.1 Å². The van der Waals surface area contributed by atoms with Crippen molar-refractivity contribution in [3.8, 4) is 0 Å². The summed E-state index contributed by atoms with van der Waals surface area (Å²) >= 11 is -3.84. The summed E-state index contributed by atoms with van der Waals surface area (Å²) in [5, 5.41) is 11.3. The molecule has 2 atom stereocenters. The summed E-state index contributed by atoms with van der Waals surface area (Å²) in [6.45, 7) is 18.1. The van der Waals surface area contributed by atoms with E-state index in [1.54, 1.807) is 0 Å². The molecule has 38 heavy (non-hydrogen) atoms. The summed E-state index contributed by atoms with van der Waals surface area (Å²) in [7, 11) is -2.02. The standard InChI is InChI=1S/C16H31O2Si.3C6H5.Sn/c1-9-13(2)15(14(3)11-10-12-17)18-19(7,8)16(4,5)6;3*1-2-4-6-5-3-1;/h9,11,14-15,17H,12H2,1-8H3;3*1-5H;/b11-10?,13-9+;;;;/t14-,15-;;;;/m0..../s1. The summed E-state index contributed by atoms with van der Waals surface area (Å²) in [5.41, 5.74) is 1.25. The predicted octanol–water partition coefficient (Wildman–Crippen LogP) is 6.61. The fourth-order valence-corrected chi connectivity index (χ4v) is 20.6. The van der Waals surface area contributed by atoms with Crippen LogP contribution in [0.5, 0.6) is 0 Å². The molecule has 0 unspecified atom stereocenters. The van der Waals surface area contributed by atoms with Crippen molar-refractivity contribution in [2.75, 3.05) is 6.61 Å². The molecular formula is C34H46O2SiSn. The van der Waals surface area contributed by atoms with Crippen molar-refractivity contribution in [1.82, 2.24) is 0 Å². The third-order valence-electron chi connectivity index (χ3n) is 8.35. The molecule has 2 nitrogen and oxygen atoms in total. The normalized spacial score (nSPS) is 15.3. The van der Waals surface area contributed by atoms with Crippen LogP contribution < -0.4 is 10.7 Å². The zero-order chi connectivity index (χ0) is 28.0. The molecule has 0 aromatic heterocycles. The summed E-state index contributed by atoms with van der Waals surface area (Å²) in [4.78, 5) is 0. The minimum absolute atomic E-state index is 0.0286. The van der Waals surface area contributed by atoms with E-state index < -0.39 is 26.7 Å². The molecule has 0 aliphatic heterocycles. The van der Waals surface area contributed by atoms with Crippen LogP contribution in [0.25, 0.3) is 0 Å². The van der Waals surface area contributed by atoms with Gasteiger partial charge in [-0.1, -0.05) is 0 Å². The second kappa shape index (κ2) is 13.0. The Balaban J connectivity index is 2.30. The van der Waals surface area contributed by atoms with E-state index in [0.29, 0.717) is 0 Å². The zero-order valence-electron chi connectivity index (χ0n) is 24.5. The molecule has 0 spiro atoms. The molecule has 0 saturated carbocycles. The molecule has 0 heterocycles. The van der Waals surface area contributed by atoms with Gasteiger partial charge in [-0.25, -0.2) is 0 Å². The molecular weight excluding hydrogens is 587 g/mol. The van der Waals surface area contributed by atoms with E-state index in [2.05, 4.69) is 158 Å². The topological polar surface area (TPSA) is 29.5 Å². The van der Waals surface area contributed by atoms with Gasteiger partial charge in [-0.05, 0) is 0 Å². The average Bonchev–Trinajstić information content (AvgIpc) is 2.92. The molecule has 0 saturated heterocycles. The van der Waals surface area contributed by atoms with E-state index in [1.165, 1.54) is 19.9 Å². The molecule has 202 valence electrons. The minimum atomic E-state index is -3.84. The van der Waals surface area contributed by atoms with E-state index in [0.717, 1.165) is 0 Å². The first-order valence-electron chi connectivity index (χ1n) is 13.8. The molecule has 0 amide bonds. The Labute approximate surface area is 236 Å². The number of aliphatic hydroxyl groups is 1. The quantitative estimate of drug-likeness (QED) is 0.201. The summed E-state index contributed by atoms with van der Waals surface area (Å²) in [5.74, 6) is 0.106. The third-order valence-corrected chi connectivity index (χ3v) is 26.7. The number of rotatable bonds is 10. The van der Waals surface area contributed by atoms with Gasteiger partial charge in [-0.15, -0.1) is 0 Å². The molecule has 3 aromatic carbocycles. The van der Waals surface area contributed by atoms with Crippen LogP contribution in [0, 0.1) is 5.92 Å². The van der Waals surface area contributed by atoms with Crippen LogP contribution in [-0.4, -0.2) is 44.5 Å². The molecule has 3 aromatic rings. The number of hydrogen-bond donors (Lipinski definition) is 1. The first kappa shape index (κ1) is 30.6. The van der Waals surface area contributed by atoms with E-state index in [9.17, 15) is 5.11 Å². The van der Waals surface area contributed by atoms with E-state index >= 15 is 0 Å². The maximum atomic E-state index is 11.2. The molecule has 0 bridgehead atoms. The molecule has 4 heteroatoms. The van der Waals surface area contributed by atoms with Gasteiger partial charge in [-0.3, -0.25) is 0 Å². The Morgan fingerprint density at radius 1 is 0.842 bits per heavy atom. The van der Waals surface area contributed by atoms with Gasteiger partial charge in [0.05, 0.1) is 0 Å². The molecule has 0 radical (unpaired) electrons. The van der Waals surface area contributed by atoms with E-state index in [1.807, 2.05) is 0 Å². The van der Waals surface area contributed by atoms with Crippen LogP contribution in [0.15, 0.2) is 112 Å². The summed E-state index contributed by atoms with van der Waals surface area (Å²) in [6.07, 6.45) is 4.52. The zero-order valence-corrected chi connectivity index (χ0v) is 28.4. The van der Waals surface area contributed by atoms with Gasteiger partial charge >= 0.3 is 238 Å². The SMILES string of the molecule is C/C=C(\C)[C@H](O[Si](C)(C)C(C)(C)C)[C@@H](C)/C=[C](\CO)[Sn]([c]1ccccc1)([c]1ccccc1)[c]1ccccc1. The van der Waals surface area contributed by atoms with Crippen LogP contribution in [-0.2, 0) is 4.43 Å². The molecule has 1 N–H and O–H groups in total. The summed E-state index contributed by atoms with van der Waals surface area (Å²) < 4.78 is 12.3. The van der Waals surface area contributed by atoms with Crippen molar-refractivity contribution in [3.63, 3.8) is 0 Å². The van der Waals surface area contributed by atoms with Gasteiger partial charge in [0, 0.05) is 0 Å². The number of aliphatic hydroxyl groups excluding tert-OH is 1. The van der Waals surface area contributed by atoms with Crippen LogP contribution >= 0.6 is 0 Å². The Morgan fingerprint density at radius 3 is 1.55 bits per heavy atom. The number of hydrogen-bond acceptors (Lipinski definition) is 2. The van der Waals surface area contributed by atoms with E-state index in [4.69, 9.17) is 4.43 Å². The number of allylic oxidation sites excluding steroid dienone is 1. The monoisotopic (exact) mass is 634 g/mol. The van der Waals surface area contributed by atoms with Gasteiger partial charge in [0.2, 0.25) is 0 Å². The third kappa shape index (κ3) is 6.44. The van der Waals surface area contributed by atoms with Gasteiger partial charge < -0.3 is 0 Å². The van der Waals surface area contributed by atoms with Crippen molar-refractivity contribution in [1.29, 1.82) is 0 Å². The molecule has 0 aliphatic rings. The second-order valence-corrected chi connectivity index (χ2v) is 27.7. The second-order valence-electron chi connectivity index (χ2n) is 11.9. The van der Waals surface area contributed by atoms with Crippen LogP contribution in [0.3, 0.4) is 0 Å². The van der Waals surface area contributed by atoms with Crippen molar-refractivity contribution < 1.29 is 9.53 Å². The van der Waals surface area contributed by atoms with Crippen molar-refractivity contribution in [2.45, 2.75) is 65.8 Å². The summed E-state index contributed by atoms with van der Waals surface area (Å²) in [6, 6.07) is 32.7. The maximum absolute atomic E-state index is 11.2. The average molecular weight is 634 g/mol. The fourth-order valence-electron chi connectivity index (χ4n) is 5.10. The van der Waals surface area contributed by atoms with E-state index in [-0.39, 0.29) is 23.7 Å². The van der Waals surface area contributed by atoms with Gasteiger partial charge in [0.1, 0.15) is 0 Å². The van der Waals surface area contributed by atoms with Gasteiger partial charge in [0.25, 0.3) is 0 Å². The first-order chi connectivity index (χ1) is 18.0. The number of benzene rings is 3. The molecule has 0 fully saturated rings. The Bertz CT molecular complexity index is 1110. The fraction of sp³-hybridized carbons (Fsp3) is 0.353. The van der Waals surface area contributed by atoms with Crippen LogP contribution in [0.1, 0.15) is 41.5 Å². The molecule has 3 rings (SSSR count). The van der Waals surface area contributed by atoms with Gasteiger partial charge in [0.15, 0.2) is 0 Å². The van der Waals surface area contributed by atoms with Crippen LogP contribution in [0.4, 0.5) is 0 Å². The Morgan fingerprint density at radius 2 is 1.24 bits per heavy atom. The van der Waals surface area contributed by atoms with Crippen molar-refractivity contribution in [2.24, 2.45) is 5.92 Å². The Kier molecular flexibility index (Phi) is 10.4. The van der Waals surface area contributed by atoms with Crippen molar-refractivity contribution >= 4 is 37.4 Å². The predicted molar refractivity (Wildman–Crippen MR) is 170 cm³/mol.